The average Bonchev–Trinajstić information content (AvgIpc) is 3.04. The molecule has 0 fully saturated rings. The van der Waals surface area contributed by atoms with Gasteiger partial charge in [0, 0.05) is 23.9 Å². The number of nitrogens with one attached hydrogen (secondary N) is 1. The van der Waals surface area contributed by atoms with E-state index in [9.17, 15) is 19.7 Å². The lowest BCUT2D eigenvalue weighted by Gasteiger charge is -2.15. The fourth-order valence-corrected chi connectivity index (χ4v) is 3.44. The predicted molar refractivity (Wildman–Crippen MR) is 120 cm³/mol. The number of nitro groups is 1. The molecule has 1 aliphatic heterocycles. The van der Waals surface area contributed by atoms with Crippen LogP contribution in [0.4, 0.5) is 17.1 Å². The van der Waals surface area contributed by atoms with Crippen LogP contribution in [0, 0.1) is 17.0 Å². The molecule has 32 heavy (non-hydrogen) atoms. The number of nitro benzene ring substituents is 1. The first-order valence-corrected chi connectivity index (χ1v) is 9.74. The van der Waals surface area contributed by atoms with Crippen molar-refractivity contribution in [2.75, 3.05) is 17.3 Å². The summed E-state index contributed by atoms with van der Waals surface area (Å²) in [5.74, 6) is -0.451. The molecule has 8 heteroatoms. The van der Waals surface area contributed by atoms with Gasteiger partial charge in [0.2, 0.25) is 0 Å². The Kier molecular flexibility index (Phi) is 5.43. The second kappa shape index (κ2) is 8.35. The molecule has 3 aromatic rings. The Labute approximate surface area is 183 Å². The van der Waals surface area contributed by atoms with Crippen LogP contribution in [0.5, 0.6) is 5.75 Å². The highest BCUT2D eigenvalue weighted by Gasteiger charge is 2.40. The fraction of sp³-hybridized carbons (Fsp3) is 0.0833. The Morgan fingerprint density at radius 2 is 1.62 bits per heavy atom. The van der Waals surface area contributed by atoms with Crippen molar-refractivity contribution >= 4 is 34.4 Å². The number of nitrogens with zero attached hydrogens (tertiary/aromatic N) is 2. The second-order valence-corrected chi connectivity index (χ2v) is 7.19. The van der Waals surface area contributed by atoms with Gasteiger partial charge >= 0.3 is 0 Å². The quantitative estimate of drug-likeness (QED) is 0.356. The van der Waals surface area contributed by atoms with E-state index in [4.69, 9.17) is 4.74 Å². The Hall–Kier alpha value is -4.46. The summed E-state index contributed by atoms with van der Waals surface area (Å²) in [5, 5.41) is 14.1. The number of anilines is 2. The first kappa shape index (κ1) is 20.8. The zero-order valence-corrected chi connectivity index (χ0v) is 17.4. The third-order valence-corrected chi connectivity index (χ3v) is 5.08. The normalized spacial score (nSPS) is 13.5. The highest BCUT2D eigenvalue weighted by molar-refractivity contribution is 6.46. The van der Waals surface area contributed by atoms with E-state index in [0.29, 0.717) is 22.7 Å². The number of non-ortho nitro benzene ring substituents is 1. The maximum Gasteiger partial charge on any atom is 0.282 e. The zero-order valence-electron chi connectivity index (χ0n) is 17.4. The smallest absolute Gasteiger partial charge is 0.282 e. The number of imide groups is 1. The van der Waals surface area contributed by atoms with Gasteiger partial charge < -0.3 is 10.1 Å². The maximum atomic E-state index is 13.4. The van der Waals surface area contributed by atoms with E-state index in [2.05, 4.69) is 5.32 Å². The molecular weight excluding hydrogens is 410 g/mol. The number of hydrogen-bond acceptors (Lipinski definition) is 6. The molecule has 1 heterocycles. The van der Waals surface area contributed by atoms with Crippen LogP contribution in [0.3, 0.4) is 0 Å². The molecule has 1 aliphatic rings. The molecule has 0 bridgehead atoms. The van der Waals surface area contributed by atoms with Crippen molar-refractivity contribution in [2.45, 2.75) is 6.92 Å². The molecule has 0 atom stereocenters. The van der Waals surface area contributed by atoms with Gasteiger partial charge in [0.15, 0.2) is 0 Å². The van der Waals surface area contributed by atoms with Crippen LogP contribution in [-0.2, 0) is 9.59 Å². The summed E-state index contributed by atoms with van der Waals surface area (Å²) in [5.41, 5.74) is 2.49. The minimum absolute atomic E-state index is 0.0812. The van der Waals surface area contributed by atoms with Gasteiger partial charge in [0.05, 0.1) is 23.3 Å². The lowest BCUT2D eigenvalue weighted by atomic mass is 10.0. The number of aryl methyl sites for hydroxylation is 1. The third-order valence-electron chi connectivity index (χ3n) is 5.08. The number of ether oxygens (including phenoxy) is 1. The number of amides is 2. The number of rotatable bonds is 6. The van der Waals surface area contributed by atoms with E-state index in [0.717, 1.165) is 10.5 Å². The summed E-state index contributed by atoms with van der Waals surface area (Å²) in [6, 6.07) is 19.5. The summed E-state index contributed by atoms with van der Waals surface area (Å²) in [6.07, 6.45) is 0. The molecule has 0 saturated carbocycles. The third kappa shape index (κ3) is 3.81. The molecule has 0 radical (unpaired) electrons. The molecular formula is C24H19N3O5. The van der Waals surface area contributed by atoms with E-state index in [-0.39, 0.29) is 17.0 Å². The Balaban J connectivity index is 1.81. The van der Waals surface area contributed by atoms with Gasteiger partial charge in [-0.3, -0.25) is 19.7 Å². The standard InChI is InChI=1S/C24H19N3O5/c1-15-6-10-18(11-7-15)26-23(28)21(16-8-12-19(13-9-16)27(30)31)22(24(26)29)25-17-4-3-5-20(14-17)32-2/h3-14,25H,1-2H3. The van der Waals surface area contributed by atoms with Gasteiger partial charge in [0.25, 0.3) is 17.5 Å². The van der Waals surface area contributed by atoms with Crippen molar-refractivity contribution < 1.29 is 19.2 Å². The van der Waals surface area contributed by atoms with Gasteiger partial charge in [-0.05, 0) is 48.9 Å². The van der Waals surface area contributed by atoms with Crippen LogP contribution >= 0.6 is 0 Å². The first-order valence-electron chi connectivity index (χ1n) is 9.74. The molecule has 0 spiro atoms. The molecule has 0 unspecified atom stereocenters. The molecule has 160 valence electrons. The van der Waals surface area contributed by atoms with Crippen LogP contribution in [0.15, 0.2) is 78.5 Å². The molecule has 0 aromatic heterocycles. The van der Waals surface area contributed by atoms with Crippen molar-refractivity contribution in [3.05, 3.63) is 99.7 Å². The van der Waals surface area contributed by atoms with Crippen LogP contribution in [0.2, 0.25) is 0 Å². The highest BCUT2D eigenvalue weighted by atomic mass is 16.6. The molecule has 0 saturated heterocycles. The van der Waals surface area contributed by atoms with Crippen LogP contribution in [0.1, 0.15) is 11.1 Å². The number of carbonyl (C=O) groups is 2. The van der Waals surface area contributed by atoms with E-state index < -0.39 is 16.7 Å². The first-order chi connectivity index (χ1) is 15.4. The maximum absolute atomic E-state index is 13.4. The molecule has 3 aromatic carbocycles. The summed E-state index contributed by atoms with van der Waals surface area (Å²) < 4.78 is 5.23. The van der Waals surface area contributed by atoms with Crippen molar-refractivity contribution in [3.8, 4) is 5.75 Å². The van der Waals surface area contributed by atoms with Crippen molar-refractivity contribution in [1.29, 1.82) is 0 Å². The van der Waals surface area contributed by atoms with Gasteiger partial charge in [-0.15, -0.1) is 0 Å². The van der Waals surface area contributed by atoms with E-state index in [1.165, 1.54) is 31.4 Å². The highest BCUT2D eigenvalue weighted by Crippen LogP contribution is 2.34. The Morgan fingerprint density at radius 1 is 0.938 bits per heavy atom. The van der Waals surface area contributed by atoms with Crippen LogP contribution in [0.25, 0.3) is 5.57 Å². The lowest BCUT2D eigenvalue weighted by Crippen LogP contribution is -2.32. The minimum Gasteiger partial charge on any atom is -0.497 e. The Morgan fingerprint density at radius 3 is 2.25 bits per heavy atom. The fourth-order valence-electron chi connectivity index (χ4n) is 3.44. The van der Waals surface area contributed by atoms with Gasteiger partial charge in [0.1, 0.15) is 11.4 Å². The predicted octanol–water partition coefficient (Wildman–Crippen LogP) is 4.31. The number of methoxy groups -OCH3 is 1. The topological polar surface area (TPSA) is 102 Å². The van der Waals surface area contributed by atoms with Gasteiger partial charge in [-0.1, -0.05) is 23.8 Å². The van der Waals surface area contributed by atoms with Gasteiger partial charge in [-0.2, -0.15) is 0 Å². The molecule has 8 nitrogen and oxygen atoms in total. The van der Waals surface area contributed by atoms with Crippen LogP contribution < -0.4 is 15.0 Å². The summed E-state index contributed by atoms with van der Waals surface area (Å²) in [4.78, 5) is 38.4. The van der Waals surface area contributed by atoms with Crippen LogP contribution in [-0.4, -0.2) is 23.8 Å². The summed E-state index contributed by atoms with van der Waals surface area (Å²) >= 11 is 0. The minimum atomic E-state index is -0.520. The number of benzene rings is 3. The summed E-state index contributed by atoms with van der Waals surface area (Å²) in [6.45, 7) is 1.91. The number of carbonyl (C=O) groups excluding carboxylic acids is 2. The zero-order chi connectivity index (χ0) is 22.8. The SMILES string of the molecule is COc1cccc(NC2=C(c3ccc([N+](=O)[O-])cc3)C(=O)N(c3ccc(C)cc3)C2=O)c1. The van der Waals surface area contributed by atoms with E-state index in [1.807, 2.05) is 19.1 Å². The molecule has 1 N–H and O–H groups in total. The van der Waals surface area contributed by atoms with E-state index >= 15 is 0 Å². The molecule has 0 aliphatic carbocycles. The van der Waals surface area contributed by atoms with Crippen molar-refractivity contribution in [1.82, 2.24) is 0 Å². The van der Waals surface area contributed by atoms with Gasteiger partial charge in [-0.25, -0.2) is 4.90 Å². The van der Waals surface area contributed by atoms with Crippen molar-refractivity contribution in [2.24, 2.45) is 0 Å². The second-order valence-electron chi connectivity index (χ2n) is 7.19. The van der Waals surface area contributed by atoms with E-state index in [1.54, 1.807) is 36.4 Å². The summed E-state index contributed by atoms with van der Waals surface area (Å²) in [7, 11) is 1.53. The Bertz CT molecular complexity index is 1250. The monoisotopic (exact) mass is 429 g/mol. The largest absolute Gasteiger partial charge is 0.497 e. The lowest BCUT2D eigenvalue weighted by molar-refractivity contribution is -0.384. The van der Waals surface area contributed by atoms with Crippen molar-refractivity contribution in [3.63, 3.8) is 0 Å². The number of hydrogen-bond donors (Lipinski definition) is 1. The average molecular weight is 429 g/mol. The molecule has 2 amide bonds. The molecule has 4 rings (SSSR count).